The highest BCUT2D eigenvalue weighted by atomic mass is 32.2. The largest absolute Gasteiger partial charge is 0.478 e. The number of amidine groups is 1. The van der Waals surface area contributed by atoms with E-state index in [1.165, 1.54) is 24.3 Å². The lowest BCUT2D eigenvalue weighted by Gasteiger charge is -2.41. The minimum absolute atomic E-state index is 0.00783. The first-order valence-corrected chi connectivity index (χ1v) is 8.78. The quantitative estimate of drug-likeness (QED) is 0.812. The van der Waals surface area contributed by atoms with Crippen molar-refractivity contribution < 1.29 is 32.9 Å². The Hall–Kier alpha value is -1.49. The van der Waals surface area contributed by atoms with Crippen LogP contribution in [0.15, 0.2) is 35.3 Å². The summed E-state index contributed by atoms with van der Waals surface area (Å²) in [4.78, 5) is 5.90. The molecule has 0 bridgehead atoms. The van der Waals surface area contributed by atoms with Crippen molar-refractivity contribution in [3.05, 3.63) is 30.3 Å². The van der Waals surface area contributed by atoms with Gasteiger partial charge in [-0.3, -0.25) is 4.99 Å². The van der Waals surface area contributed by atoms with Gasteiger partial charge in [-0.1, -0.05) is 30.0 Å². The summed E-state index contributed by atoms with van der Waals surface area (Å²) < 4.78 is 51.4. The van der Waals surface area contributed by atoms with Crippen LogP contribution < -0.4 is 4.74 Å². The summed E-state index contributed by atoms with van der Waals surface area (Å²) in [5.74, 6) is -0.00783. The molecule has 1 saturated heterocycles. The summed E-state index contributed by atoms with van der Waals surface area (Å²) in [7, 11) is 3.45. The molecule has 1 aromatic carbocycles. The molecule has 2 aliphatic heterocycles. The molecule has 0 amide bonds. The molecule has 1 fully saturated rings. The van der Waals surface area contributed by atoms with Gasteiger partial charge in [0.2, 0.25) is 6.10 Å². The van der Waals surface area contributed by atoms with Crippen LogP contribution in [-0.4, -0.2) is 76.4 Å². The normalized spacial score (nSPS) is 32.6. The lowest BCUT2D eigenvalue weighted by Crippen LogP contribution is -2.62. The zero-order valence-corrected chi connectivity index (χ0v) is 14.8. The molecule has 6 nitrogen and oxygen atoms in total. The smallest absolute Gasteiger partial charge is 0.428 e. The van der Waals surface area contributed by atoms with Gasteiger partial charge in [-0.05, 0) is 12.1 Å². The molecular formula is C16H19F3N2O4S. The third-order valence-corrected chi connectivity index (χ3v) is 5.40. The predicted octanol–water partition coefficient (Wildman–Crippen LogP) is 1.48. The molecule has 0 saturated carbocycles. The van der Waals surface area contributed by atoms with Gasteiger partial charge < -0.3 is 24.6 Å². The maximum Gasteiger partial charge on any atom is 0.428 e. The number of para-hydroxylation sites is 1. The van der Waals surface area contributed by atoms with E-state index in [-0.39, 0.29) is 5.75 Å². The summed E-state index contributed by atoms with van der Waals surface area (Å²) in [6.45, 7) is 0. The number of nitrogens with zero attached hydrogens (tertiary/aromatic N) is 2. The lowest BCUT2D eigenvalue weighted by molar-refractivity contribution is -0.263. The van der Waals surface area contributed by atoms with E-state index in [0.29, 0.717) is 5.17 Å². The van der Waals surface area contributed by atoms with Gasteiger partial charge in [0.05, 0.1) is 0 Å². The first-order valence-electron chi connectivity index (χ1n) is 7.90. The Kier molecular flexibility index (Phi) is 5.38. The van der Waals surface area contributed by atoms with Crippen LogP contribution in [0.25, 0.3) is 0 Å². The zero-order valence-electron chi connectivity index (χ0n) is 14.0. The van der Waals surface area contributed by atoms with Crippen molar-refractivity contribution in [2.75, 3.05) is 14.1 Å². The van der Waals surface area contributed by atoms with Gasteiger partial charge in [0, 0.05) is 14.1 Å². The minimum atomic E-state index is -4.80. The zero-order chi connectivity index (χ0) is 19.1. The standard InChI is InChI=1S/C16H19F3N2O4S/c1-21(2)15-20-9-10(22)11(23)12(25-14(9)26-15)13(16(17,18)19)24-8-6-4-3-5-7-8/h3-7,9-14,22-23H,1-2H3. The van der Waals surface area contributed by atoms with E-state index < -0.39 is 42.1 Å². The number of aliphatic hydroxyl groups is 2. The number of aliphatic imine (C=N–C) groups is 1. The van der Waals surface area contributed by atoms with Gasteiger partial charge in [0.25, 0.3) is 0 Å². The maximum absolute atomic E-state index is 13.6. The number of fused-ring (bicyclic) bond motifs is 1. The molecule has 6 atom stereocenters. The molecule has 0 radical (unpaired) electrons. The number of hydrogen-bond donors (Lipinski definition) is 2. The van der Waals surface area contributed by atoms with E-state index in [1.807, 2.05) is 0 Å². The van der Waals surface area contributed by atoms with Gasteiger partial charge in [0.15, 0.2) is 5.17 Å². The van der Waals surface area contributed by atoms with Crippen LogP contribution in [0, 0.1) is 0 Å². The number of hydrogen-bond acceptors (Lipinski definition) is 7. The second-order valence-corrected chi connectivity index (χ2v) is 7.32. The number of benzene rings is 1. The Labute approximate surface area is 152 Å². The van der Waals surface area contributed by atoms with Crippen molar-refractivity contribution in [2.24, 2.45) is 4.99 Å². The molecule has 2 heterocycles. The van der Waals surface area contributed by atoms with Crippen molar-refractivity contribution in [3.8, 4) is 5.75 Å². The minimum Gasteiger partial charge on any atom is -0.478 e. The summed E-state index contributed by atoms with van der Waals surface area (Å²) in [5.41, 5.74) is -0.833. The van der Waals surface area contributed by atoms with Crippen LogP contribution in [0.5, 0.6) is 5.75 Å². The van der Waals surface area contributed by atoms with E-state index >= 15 is 0 Å². The van der Waals surface area contributed by atoms with Crippen molar-refractivity contribution >= 4 is 16.9 Å². The predicted molar refractivity (Wildman–Crippen MR) is 90.1 cm³/mol. The fraction of sp³-hybridized carbons (Fsp3) is 0.562. The highest BCUT2D eigenvalue weighted by Crippen LogP contribution is 2.41. The second-order valence-electron chi connectivity index (χ2n) is 6.26. The monoisotopic (exact) mass is 392 g/mol. The number of ether oxygens (including phenoxy) is 2. The lowest BCUT2D eigenvalue weighted by atomic mass is 9.94. The van der Waals surface area contributed by atoms with E-state index in [0.717, 1.165) is 11.8 Å². The molecule has 6 unspecified atom stereocenters. The molecule has 144 valence electrons. The van der Waals surface area contributed by atoms with E-state index in [2.05, 4.69) is 4.99 Å². The van der Waals surface area contributed by atoms with E-state index in [9.17, 15) is 23.4 Å². The van der Waals surface area contributed by atoms with E-state index in [1.54, 1.807) is 25.1 Å². The van der Waals surface area contributed by atoms with Crippen molar-refractivity contribution in [3.63, 3.8) is 0 Å². The van der Waals surface area contributed by atoms with Crippen LogP contribution in [0.2, 0.25) is 0 Å². The summed E-state index contributed by atoms with van der Waals surface area (Å²) >= 11 is 1.11. The Morgan fingerprint density at radius 3 is 2.42 bits per heavy atom. The Balaban J connectivity index is 1.84. The summed E-state index contributed by atoms with van der Waals surface area (Å²) in [6, 6.07) is 6.64. The average molecular weight is 392 g/mol. The number of thioether (sulfide) groups is 1. The summed E-state index contributed by atoms with van der Waals surface area (Å²) in [6.07, 6.45) is -12.3. The first kappa shape index (κ1) is 19.3. The molecule has 0 aliphatic carbocycles. The topological polar surface area (TPSA) is 74.5 Å². The molecular weight excluding hydrogens is 373 g/mol. The van der Waals surface area contributed by atoms with Crippen LogP contribution in [-0.2, 0) is 4.74 Å². The number of halogens is 3. The molecule has 0 spiro atoms. The fourth-order valence-electron chi connectivity index (χ4n) is 2.81. The van der Waals surface area contributed by atoms with Gasteiger partial charge in [-0.15, -0.1) is 0 Å². The van der Waals surface area contributed by atoms with Crippen molar-refractivity contribution in [1.29, 1.82) is 0 Å². The van der Waals surface area contributed by atoms with Gasteiger partial charge in [-0.2, -0.15) is 13.2 Å². The maximum atomic E-state index is 13.6. The van der Waals surface area contributed by atoms with E-state index in [4.69, 9.17) is 9.47 Å². The first-order chi connectivity index (χ1) is 12.2. The fourth-order valence-corrected chi connectivity index (χ4v) is 3.95. The van der Waals surface area contributed by atoms with Crippen LogP contribution >= 0.6 is 11.8 Å². The van der Waals surface area contributed by atoms with Gasteiger partial charge in [0.1, 0.15) is 35.5 Å². The molecule has 2 N–H and O–H groups in total. The number of alkyl halides is 3. The van der Waals surface area contributed by atoms with Crippen molar-refractivity contribution in [2.45, 2.75) is 42.1 Å². The number of aliphatic hydroxyl groups excluding tert-OH is 2. The van der Waals surface area contributed by atoms with Gasteiger partial charge in [-0.25, -0.2) is 0 Å². The molecule has 0 aromatic heterocycles. The van der Waals surface area contributed by atoms with Crippen LogP contribution in [0.4, 0.5) is 13.2 Å². The Morgan fingerprint density at radius 1 is 1.19 bits per heavy atom. The molecule has 26 heavy (non-hydrogen) atoms. The Morgan fingerprint density at radius 2 is 1.85 bits per heavy atom. The molecule has 2 aliphatic rings. The Bertz CT molecular complexity index is 659. The highest BCUT2D eigenvalue weighted by molar-refractivity contribution is 8.14. The molecule has 10 heteroatoms. The summed E-state index contributed by atoms with van der Waals surface area (Å²) in [5, 5.41) is 21.1. The van der Waals surface area contributed by atoms with Crippen LogP contribution in [0.1, 0.15) is 0 Å². The van der Waals surface area contributed by atoms with Crippen LogP contribution in [0.3, 0.4) is 0 Å². The molecule has 3 rings (SSSR count). The third kappa shape index (κ3) is 3.78. The van der Waals surface area contributed by atoms with Crippen molar-refractivity contribution in [1.82, 2.24) is 4.90 Å². The SMILES string of the molecule is CN(C)C1=NC2C(OC(C(Oc3ccccc3)C(F)(F)F)C(O)C2O)S1. The third-order valence-electron chi connectivity index (χ3n) is 4.10. The van der Waals surface area contributed by atoms with Gasteiger partial charge >= 0.3 is 6.18 Å². The highest BCUT2D eigenvalue weighted by Gasteiger charge is 2.57. The average Bonchev–Trinajstić information content (AvgIpc) is 3.01. The second kappa shape index (κ2) is 7.26. The number of rotatable bonds is 3. The molecule has 1 aromatic rings.